The summed E-state index contributed by atoms with van der Waals surface area (Å²) in [5.41, 5.74) is 2.23. The van der Waals surface area contributed by atoms with Gasteiger partial charge in [0, 0.05) is 23.1 Å². The summed E-state index contributed by atoms with van der Waals surface area (Å²) >= 11 is 0. The highest BCUT2D eigenvalue weighted by atomic mass is 16.6. The molecule has 7 heteroatoms. The number of nitrogens with zero attached hydrogens (tertiary/aromatic N) is 2. The molecule has 34 heavy (non-hydrogen) atoms. The van der Waals surface area contributed by atoms with E-state index in [9.17, 15) is 20.3 Å². The molecule has 176 valence electrons. The van der Waals surface area contributed by atoms with E-state index in [1.54, 1.807) is 24.3 Å². The Balaban J connectivity index is 1.43. The van der Waals surface area contributed by atoms with Crippen molar-refractivity contribution < 1.29 is 20.0 Å². The largest absolute Gasteiger partial charge is 0.508 e. The maximum Gasteiger partial charge on any atom is 0.269 e. The van der Waals surface area contributed by atoms with Crippen LogP contribution in [-0.2, 0) is 11.4 Å². The summed E-state index contributed by atoms with van der Waals surface area (Å²) in [6.07, 6.45) is 9.75. The molecule has 0 bridgehead atoms. The lowest BCUT2D eigenvalue weighted by Crippen LogP contribution is -2.50. The quantitative estimate of drug-likeness (QED) is 0.384. The van der Waals surface area contributed by atoms with Crippen LogP contribution < -0.4 is 0 Å². The summed E-state index contributed by atoms with van der Waals surface area (Å²) < 4.78 is 0. The number of phenolic OH excluding ortho intramolecular Hbond substituents is 1. The predicted molar refractivity (Wildman–Crippen MR) is 127 cm³/mol. The van der Waals surface area contributed by atoms with Gasteiger partial charge in [0.1, 0.15) is 18.0 Å². The molecule has 0 radical (unpaired) electrons. The molecule has 2 saturated carbocycles. The molecule has 0 heterocycles. The maximum atomic E-state index is 11.2. The SMILES string of the molecule is C#C[C@]1(O)CC[C@H]2[C@@H]3CC(=NOCc4ccc([N+](=O)[O-])cc4)c4cc(O)ccc4[C@H]3CC[C@@]21C. The zero-order chi connectivity index (χ0) is 24.1. The number of rotatable bonds is 4. The van der Waals surface area contributed by atoms with Crippen molar-refractivity contribution in [2.75, 3.05) is 0 Å². The first-order valence-corrected chi connectivity index (χ1v) is 11.7. The van der Waals surface area contributed by atoms with Gasteiger partial charge in [-0.25, -0.2) is 0 Å². The first-order chi connectivity index (χ1) is 16.3. The Morgan fingerprint density at radius 3 is 2.71 bits per heavy atom. The van der Waals surface area contributed by atoms with E-state index < -0.39 is 10.5 Å². The van der Waals surface area contributed by atoms with Crippen LogP contribution in [0.5, 0.6) is 5.75 Å². The van der Waals surface area contributed by atoms with Crippen LogP contribution in [0.3, 0.4) is 0 Å². The molecule has 3 aliphatic rings. The van der Waals surface area contributed by atoms with Gasteiger partial charge in [-0.05, 0) is 85.3 Å². The fourth-order valence-electron chi connectivity index (χ4n) is 6.65. The van der Waals surface area contributed by atoms with Crippen molar-refractivity contribution in [1.29, 1.82) is 0 Å². The number of phenols is 1. The topological polar surface area (TPSA) is 105 Å². The van der Waals surface area contributed by atoms with Gasteiger partial charge in [0.15, 0.2) is 0 Å². The van der Waals surface area contributed by atoms with Gasteiger partial charge in [0.25, 0.3) is 5.69 Å². The average Bonchev–Trinajstić information content (AvgIpc) is 3.10. The Morgan fingerprint density at radius 2 is 2.00 bits per heavy atom. The smallest absolute Gasteiger partial charge is 0.269 e. The van der Waals surface area contributed by atoms with Crippen LogP contribution >= 0.6 is 0 Å². The standard InChI is InChI=1S/C27H28N2O5/c1-3-27(31)13-11-24-22-15-25(28-34-16-17-4-6-18(7-5-17)29(32)33)23-14-19(30)8-9-20(23)21(22)10-12-26(24,27)2/h1,4-9,14,21-22,24,30-31H,10-13,15-16H2,2H3/t21-,22-,24+,26+,27+/m1/s1. The van der Waals surface area contributed by atoms with Crippen molar-refractivity contribution >= 4 is 11.4 Å². The molecule has 5 atom stereocenters. The van der Waals surface area contributed by atoms with E-state index in [-0.39, 0.29) is 35.3 Å². The Labute approximate surface area is 198 Å². The van der Waals surface area contributed by atoms with Gasteiger partial charge in [-0.3, -0.25) is 10.1 Å². The zero-order valence-electron chi connectivity index (χ0n) is 19.1. The van der Waals surface area contributed by atoms with Crippen LogP contribution in [-0.4, -0.2) is 26.4 Å². The number of aliphatic hydroxyl groups is 1. The van der Waals surface area contributed by atoms with Crippen LogP contribution in [0.15, 0.2) is 47.6 Å². The van der Waals surface area contributed by atoms with E-state index in [0.717, 1.165) is 41.7 Å². The van der Waals surface area contributed by atoms with Crippen molar-refractivity contribution in [3.63, 3.8) is 0 Å². The first kappa shape index (κ1) is 22.4. The lowest BCUT2D eigenvalue weighted by Gasteiger charge is -2.52. The van der Waals surface area contributed by atoms with Crippen molar-refractivity contribution in [3.8, 4) is 18.1 Å². The third kappa shape index (κ3) is 3.45. The fourth-order valence-corrected chi connectivity index (χ4v) is 6.65. The van der Waals surface area contributed by atoms with E-state index in [2.05, 4.69) is 18.0 Å². The van der Waals surface area contributed by atoms with E-state index >= 15 is 0 Å². The molecule has 0 spiro atoms. The number of non-ortho nitro benzene ring substituents is 1. The molecule has 7 nitrogen and oxygen atoms in total. The van der Waals surface area contributed by atoms with Gasteiger partial charge in [0.2, 0.25) is 0 Å². The highest BCUT2D eigenvalue weighted by molar-refractivity contribution is 6.03. The highest BCUT2D eigenvalue weighted by Crippen LogP contribution is 2.64. The van der Waals surface area contributed by atoms with Gasteiger partial charge in [-0.1, -0.05) is 24.1 Å². The molecule has 2 fully saturated rings. The van der Waals surface area contributed by atoms with E-state index in [0.29, 0.717) is 18.8 Å². The van der Waals surface area contributed by atoms with Crippen LogP contribution in [0, 0.1) is 39.7 Å². The van der Waals surface area contributed by atoms with Crippen LogP contribution in [0.2, 0.25) is 0 Å². The molecule has 3 aliphatic carbocycles. The predicted octanol–water partition coefficient (Wildman–Crippen LogP) is 4.90. The minimum absolute atomic E-state index is 0.0293. The molecule has 0 saturated heterocycles. The summed E-state index contributed by atoms with van der Waals surface area (Å²) in [5, 5.41) is 36.7. The molecule has 2 aromatic carbocycles. The Hall–Kier alpha value is -3.37. The van der Waals surface area contributed by atoms with Gasteiger partial charge in [-0.2, -0.15) is 0 Å². The molecular formula is C27H28N2O5. The fraction of sp³-hybridized carbons (Fsp3) is 0.444. The number of benzene rings is 2. The summed E-state index contributed by atoms with van der Waals surface area (Å²) in [4.78, 5) is 16.1. The van der Waals surface area contributed by atoms with Gasteiger partial charge in [-0.15, -0.1) is 6.42 Å². The zero-order valence-corrected chi connectivity index (χ0v) is 19.1. The van der Waals surface area contributed by atoms with Crippen molar-refractivity contribution in [2.24, 2.45) is 22.4 Å². The molecule has 0 amide bonds. The minimum Gasteiger partial charge on any atom is -0.508 e. The monoisotopic (exact) mass is 460 g/mol. The molecule has 2 aromatic rings. The number of nitro groups is 1. The second-order valence-electron chi connectivity index (χ2n) is 10.1. The second-order valence-corrected chi connectivity index (χ2v) is 10.1. The average molecular weight is 461 g/mol. The van der Waals surface area contributed by atoms with E-state index in [1.165, 1.54) is 12.1 Å². The second kappa shape index (κ2) is 8.14. The number of oxime groups is 1. The molecular weight excluding hydrogens is 432 g/mol. The summed E-state index contributed by atoms with van der Waals surface area (Å²) in [6.45, 7) is 2.32. The number of hydrogen-bond acceptors (Lipinski definition) is 6. The molecule has 0 aromatic heterocycles. The van der Waals surface area contributed by atoms with Crippen LogP contribution in [0.1, 0.15) is 61.6 Å². The molecule has 2 N–H and O–H groups in total. The number of fused-ring (bicyclic) bond motifs is 5. The van der Waals surface area contributed by atoms with Gasteiger partial charge in [0.05, 0.1) is 10.6 Å². The first-order valence-electron chi connectivity index (χ1n) is 11.7. The number of aromatic hydroxyl groups is 1. The van der Waals surface area contributed by atoms with Crippen molar-refractivity contribution in [2.45, 2.75) is 57.2 Å². The summed E-state index contributed by atoms with van der Waals surface area (Å²) in [7, 11) is 0. The number of hydrogen-bond donors (Lipinski definition) is 2. The van der Waals surface area contributed by atoms with Crippen molar-refractivity contribution in [1.82, 2.24) is 0 Å². The van der Waals surface area contributed by atoms with E-state index in [1.807, 2.05) is 6.07 Å². The Morgan fingerprint density at radius 1 is 1.24 bits per heavy atom. The lowest BCUT2D eigenvalue weighted by molar-refractivity contribution is -0.384. The summed E-state index contributed by atoms with van der Waals surface area (Å²) in [5.74, 6) is 3.76. The molecule has 0 unspecified atom stereocenters. The normalized spacial score (nSPS) is 32.9. The summed E-state index contributed by atoms with van der Waals surface area (Å²) in [6, 6.07) is 11.6. The lowest BCUT2D eigenvalue weighted by atomic mass is 9.53. The highest BCUT2D eigenvalue weighted by Gasteiger charge is 2.61. The Bertz CT molecular complexity index is 1200. The van der Waals surface area contributed by atoms with Crippen LogP contribution in [0.4, 0.5) is 5.69 Å². The van der Waals surface area contributed by atoms with Gasteiger partial charge < -0.3 is 15.1 Å². The third-order valence-electron chi connectivity index (χ3n) is 8.56. The maximum absolute atomic E-state index is 11.2. The van der Waals surface area contributed by atoms with E-state index in [4.69, 9.17) is 11.3 Å². The van der Waals surface area contributed by atoms with Crippen LogP contribution in [0.25, 0.3) is 0 Å². The van der Waals surface area contributed by atoms with Crippen molar-refractivity contribution in [3.05, 3.63) is 69.3 Å². The third-order valence-corrected chi connectivity index (χ3v) is 8.56. The molecule has 5 rings (SSSR count). The molecule has 0 aliphatic heterocycles. The minimum atomic E-state index is -1.08. The Kier molecular flexibility index (Phi) is 5.37. The number of terminal acetylenes is 1. The number of nitro benzene ring substituents is 1. The van der Waals surface area contributed by atoms with Gasteiger partial charge >= 0.3 is 0 Å².